The van der Waals surface area contributed by atoms with E-state index in [4.69, 9.17) is 0 Å². The molecule has 1 aromatic heterocycles. The second-order valence-corrected chi connectivity index (χ2v) is 4.91. The number of aromatic nitrogens is 2. The molecule has 3 heteroatoms. The van der Waals surface area contributed by atoms with Gasteiger partial charge in [0.15, 0.2) is 0 Å². The molecule has 16 heavy (non-hydrogen) atoms. The van der Waals surface area contributed by atoms with E-state index in [2.05, 4.69) is 37.3 Å². The lowest BCUT2D eigenvalue weighted by Crippen LogP contribution is -2.31. The van der Waals surface area contributed by atoms with Crippen LogP contribution >= 0.6 is 0 Å². The molecule has 1 N–H and O–H groups in total. The first kappa shape index (κ1) is 13.2. The number of nitrogens with zero attached hydrogens (tertiary/aromatic N) is 2. The second-order valence-electron chi connectivity index (χ2n) is 4.91. The summed E-state index contributed by atoms with van der Waals surface area (Å²) in [4.78, 5) is 0. The maximum absolute atomic E-state index is 4.44. The fourth-order valence-electron chi connectivity index (χ4n) is 1.92. The van der Waals surface area contributed by atoms with Gasteiger partial charge in [0.25, 0.3) is 0 Å². The minimum Gasteiger partial charge on any atom is -0.314 e. The Labute approximate surface area is 99.2 Å². The Morgan fingerprint density at radius 3 is 2.62 bits per heavy atom. The van der Waals surface area contributed by atoms with Gasteiger partial charge in [0, 0.05) is 25.7 Å². The number of aryl methyl sites for hydroxylation is 1. The van der Waals surface area contributed by atoms with Crippen molar-refractivity contribution in [3.8, 4) is 0 Å². The zero-order valence-corrected chi connectivity index (χ0v) is 11.0. The Kier molecular flexibility index (Phi) is 5.53. The van der Waals surface area contributed by atoms with Crippen LogP contribution in [0.25, 0.3) is 0 Å². The van der Waals surface area contributed by atoms with E-state index in [-0.39, 0.29) is 0 Å². The van der Waals surface area contributed by atoms with Gasteiger partial charge in [0.05, 0.1) is 5.69 Å². The van der Waals surface area contributed by atoms with E-state index in [1.54, 1.807) is 0 Å². The number of hydrogen-bond acceptors (Lipinski definition) is 2. The standard InChI is InChI=1S/C13H25N3/c1-5-14-12(7-6-11(2)3)10-13-8-9-16(4)15-13/h8-9,11-12,14H,5-7,10H2,1-4H3. The number of likely N-dealkylation sites (N-methyl/N-ethyl adjacent to an activating group) is 1. The van der Waals surface area contributed by atoms with Gasteiger partial charge >= 0.3 is 0 Å². The number of hydrogen-bond donors (Lipinski definition) is 1. The highest BCUT2D eigenvalue weighted by atomic mass is 15.2. The summed E-state index contributed by atoms with van der Waals surface area (Å²) in [6.45, 7) is 7.77. The fraction of sp³-hybridized carbons (Fsp3) is 0.769. The average Bonchev–Trinajstić information content (AvgIpc) is 2.61. The van der Waals surface area contributed by atoms with Gasteiger partial charge in [-0.1, -0.05) is 20.8 Å². The average molecular weight is 223 g/mol. The van der Waals surface area contributed by atoms with Crippen LogP contribution in [0.1, 0.15) is 39.3 Å². The molecule has 0 fully saturated rings. The van der Waals surface area contributed by atoms with E-state index >= 15 is 0 Å². The molecule has 0 aliphatic heterocycles. The van der Waals surface area contributed by atoms with Crippen molar-refractivity contribution in [1.82, 2.24) is 15.1 Å². The van der Waals surface area contributed by atoms with Crippen LogP contribution in [-0.4, -0.2) is 22.4 Å². The molecule has 1 aromatic rings. The third kappa shape index (κ3) is 4.79. The van der Waals surface area contributed by atoms with Crippen molar-refractivity contribution in [3.63, 3.8) is 0 Å². The van der Waals surface area contributed by atoms with E-state index in [0.717, 1.165) is 18.9 Å². The predicted molar refractivity (Wildman–Crippen MR) is 68.4 cm³/mol. The second kappa shape index (κ2) is 6.69. The van der Waals surface area contributed by atoms with Gasteiger partial charge in [-0.2, -0.15) is 5.10 Å². The Hall–Kier alpha value is -0.830. The first-order chi connectivity index (χ1) is 7.61. The molecule has 0 saturated carbocycles. The van der Waals surface area contributed by atoms with Crippen molar-refractivity contribution in [3.05, 3.63) is 18.0 Å². The van der Waals surface area contributed by atoms with E-state index < -0.39 is 0 Å². The topological polar surface area (TPSA) is 29.9 Å². The predicted octanol–water partition coefficient (Wildman–Crippen LogP) is 2.38. The minimum absolute atomic E-state index is 0.572. The molecule has 1 rings (SSSR count). The fourth-order valence-corrected chi connectivity index (χ4v) is 1.92. The van der Waals surface area contributed by atoms with Crippen LogP contribution < -0.4 is 5.32 Å². The Morgan fingerprint density at radius 2 is 2.12 bits per heavy atom. The van der Waals surface area contributed by atoms with Gasteiger partial charge in [-0.05, 0) is 31.4 Å². The van der Waals surface area contributed by atoms with E-state index in [0.29, 0.717) is 6.04 Å². The van der Waals surface area contributed by atoms with Crippen molar-refractivity contribution in [1.29, 1.82) is 0 Å². The Bertz CT molecular complexity index is 291. The van der Waals surface area contributed by atoms with Crippen molar-refractivity contribution in [2.24, 2.45) is 13.0 Å². The molecular formula is C13H25N3. The zero-order chi connectivity index (χ0) is 12.0. The quantitative estimate of drug-likeness (QED) is 0.769. The van der Waals surface area contributed by atoms with Crippen LogP contribution in [0.3, 0.4) is 0 Å². The molecule has 0 saturated heterocycles. The molecule has 92 valence electrons. The smallest absolute Gasteiger partial charge is 0.0639 e. The minimum atomic E-state index is 0.572. The molecule has 0 amide bonds. The summed E-state index contributed by atoms with van der Waals surface area (Å²) in [5.41, 5.74) is 1.19. The van der Waals surface area contributed by atoms with E-state index in [1.807, 2.05) is 17.9 Å². The Morgan fingerprint density at radius 1 is 1.38 bits per heavy atom. The SMILES string of the molecule is CCNC(CCC(C)C)Cc1ccn(C)n1. The molecule has 3 nitrogen and oxygen atoms in total. The molecule has 0 bridgehead atoms. The van der Waals surface area contributed by atoms with Crippen LogP contribution in [-0.2, 0) is 13.5 Å². The molecule has 0 spiro atoms. The van der Waals surface area contributed by atoms with Crippen molar-refractivity contribution >= 4 is 0 Å². The first-order valence-corrected chi connectivity index (χ1v) is 6.33. The number of rotatable bonds is 7. The molecule has 0 aliphatic rings. The van der Waals surface area contributed by atoms with Crippen LogP contribution in [0.15, 0.2) is 12.3 Å². The molecule has 0 radical (unpaired) electrons. The van der Waals surface area contributed by atoms with Crippen LogP contribution in [0.5, 0.6) is 0 Å². The van der Waals surface area contributed by atoms with Gasteiger partial charge in [0.1, 0.15) is 0 Å². The van der Waals surface area contributed by atoms with Gasteiger partial charge in [0.2, 0.25) is 0 Å². The monoisotopic (exact) mass is 223 g/mol. The lowest BCUT2D eigenvalue weighted by atomic mass is 10.00. The maximum atomic E-state index is 4.44. The summed E-state index contributed by atoms with van der Waals surface area (Å²) in [7, 11) is 1.97. The molecule has 0 aliphatic carbocycles. The number of nitrogens with one attached hydrogen (secondary N) is 1. The molecule has 1 atom stereocenters. The van der Waals surface area contributed by atoms with Gasteiger partial charge < -0.3 is 5.32 Å². The summed E-state index contributed by atoms with van der Waals surface area (Å²) in [6, 6.07) is 2.68. The van der Waals surface area contributed by atoms with Gasteiger partial charge in [-0.3, -0.25) is 4.68 Å². The highest BCUT2D eigenvalue weighted by Crippen LogP contribution is 2.10. The zero-order valence-electron chi connectivity index (χ0n) is 11.0. The first-order valence-electron chi connectivity index (χ1n) is 6.33. The molecule has 1 unspecified atom stereocenters. The third-order valence-electron chi connectivity index (χ3n) is 2.81. The highest BCUT2D eigenvalue weighted by Gasteiger charge is 2.10. The molecule has 1 heterocycles. The van der Waals surface area contributed by atoms with Crippen LogP contribution in [0, 0.1) is 5.92 Å². The van der Waals surface area contributed by atoms with Gasteiger partial charge in [-0.15, -0.1) is 0 Å². The van der Waals surface area contributed by atoms with E-state index in [9.17, 15) is 0 Å². The van der Waals surface area contributed by atoms with Crippen molar-refractivity contribution in [2.45, 2.75) is 46.1 Å². The molecule has 0 aromatic carbocycles. The lowest BCUT2D eigenvalue weighted by molar-refractivity contribution is 0.431. The van der Waals surface area contributed by atoms with Crippen molar-refractivity contribution < 1.29 is 0 Å². The Balaban J connectivity index is 2.43. The summed E-state index contributed by atoms with van der Waals surface area (Å²) < 4.78 is 1.88. The van der Waals surface area contributed by atoms with Crippen molar-refractivity contribution in [2.75, 3.05) is 6.54 Å². The third-order valence-corrected chi connectivity index (χ3v) is 2.81. The summed E-state index contributed by atoms with van der Waals surface area (Å²) in [6.07, 6.45) is 5.58. The highest BCUT2D eigenvalue weighted by molar-refractivity contribution is 5.01. The summed E-state index contributed by atoms with van der Waals surface area (Å²) in [5.74, 6) is 0.782. The van der Waals surface area contributed by atoms with Crippen LogP contribution in [0.4, 0.5) is 0 Å². The lowest BCUT2D eigenvalue weighted by Gasteiger charge is -2.17. The summed E-state index contributed by atoms with van der Waals surface area (Å²) in [5, 5.41) is 7.98. The normalized spacial score (nSPS) is 13.3. The van der Waals surface area contributed by atoms with Crippen LogP contribution in [0.2, 0.25) is 0 Å². The molecular weight excluding hydrogens is 198 g/mol. The maximum Gasteiger partial charge on any atom is 0.0639 e. The largest absolute Gasteiger partial charge is 0.314 e. The van der Waals surface area contributed by atoms with E-state index in [1.165, 1.54) is 18.5 Å². The summed E-state index contributed by atoms with van der Waals surface area (Å²) >= 11 is 0. The van der Waals surface area contributed by atoms with Gasteiger partial charge in [-0.25, -0.2) is 0 Å².